The number of nitrogens with zero attached hydrogens (tertiary/aromatic N) is 3. The van der Waals surface area contributed by atoms with Crippen LogP contribution in [-0.4, -0.2) is 60.3 Å². The van der Waals surface area contributed by atoms with Gasteiger partial charge in [0.05, 0.1) is 29.9 Å². The van der Waals surface area contributed by atoms with Gasteiger partial charge in [-0.1, -0.05) is 5.16 Å². The molecule has 1 unspecified atom stereocenters. The molecule has 0 bridgehead atoms. The summed E-state index contributed by atoms with van der Waals surface area (Å²) >= 11 is 0. The van der Waals surface area contributed by atoms with Gasteiger partial charge in [0.25, 0.3) is 11.6 Å². The highest BCUT2D eigenvalue weighted by molar-refractivity contribution is 6.06. The number of hydrogen-bond donors (Lipinski definition) is 1. The first-order valence-electron chi connectivity index (χ1n) is 9.69. The molecule has 138 valence electrons. The second-order valence-corrected chi connectivity index (χ2v) is 7.56. The van der Waals surface area contributed by atoms with Crippen molar-refractivity contribution in [1.29, 1.82) is 0 Å². The maximum atomic E-state index is 13.3. The van der Waals surface area contributed by atoms with Crippen molar-refractivity contribution in [2.75, 3.05) is 39.4 Å². The van der Waals surface area contributed by atoms with Crippen LogP contribution in [0.3, 0.4) is 0 Å². The molecule has 0 aromatic carbocycles. The van der Waals surface area contributed by atoms with E-state index in [0.717, 1.165) is 55.5 Å². The standard InChI is InChI=1S/C19H24N4O3/c24-19(23-6-8-25-9-7-23)14-10-15(12-3-4-12)21-18-16(14)17(22-26-18)13-2-1-5-20-11-13/h10,12-13,20H,1-9,11H2. The highest BCUT2D eigenvalue weighted by Crippen LogP contribution is 2.41. The summed E-state index contributed by atoms with van der Waals surface area (Å²) in [7, 11) is 0. The number of hydrogen-bond acceptors (Lipinski definition) is 6. The Morgan fingerprint density at radius 2 is 2.04 bits per heavy atom. The lowest BCUT2D eigenvalue weighted by atomic mass is 9.92. The number of ether oxygens (including phenoxy) is 1. The van der Waals surface area contributed by atoms with Crippen LogP contribution in [0.1, 0.15) is 59.3 Å². The zero-order valence-electron chi connectivity index (χ0n) is 14.9. The third-order valence-electron chi connectivity index (χ3n) is 5.70. The van der Waals surface area contributed by atoms with E-state index in [4.69, 9.17) is 14.2 Å². The van der Waals surface area contributed by atoms with Crippen molar-refractivity contribution in [2.45, 2.75) is 37.5 Å². The van der Waals surface area contributed by atoms with Crippen molar-refractivity contribution in [1.82, 2.24) is 20.4 Å². The van der Waals surface area contributed by atoms with Crippen LogP contribution in [0.2, 0.25) is 0 Å². The van der Waals surface area contributed by atoms with Gasteiger partial charge in [-0.2, -0.15) is 0 Å². The lowest BCUT2D eigenvalue weighted by Gasteiger charge is -2.27. The van der Waals surface area contributed by atoms with Gasteiger partial charge >= 0.3 is 0 Å². The number of rotatable bonds is 3. The molecule has 2 aliphatic heterocycles. The van der Waals surface area contributed by atoms with Gasteiger partial charge < -0.3 is 19.5 Å². The molecule has 3 fully saturated rings. The highest BCUT2D eigenvalue weighted by atomic mass is 16.5. The molecular weight excluding hydrogens is 332 g/mol. The van der Waals surface area contributed by atoms with Gasteiger partial charge in [0, 0.05) is 37.2 Å². The Bertz CT molecular complexity index is 818. The van der Waals surface area contributed by atoms with Crippen molar-refractivity contribution in [3.05, 3.63) is 23.0 Å². The molecule has 0 radical (unpaired) electrons. The molecule has 1 N–H and O–H groups in total. The fourth-order valence-electron chi connectivity index (χ4n) is 4.05. The summed E-state index contributed by atoms with van der Waals surface area (Å²) < 4.78 is 11.0. The molecule has 1 amide bonds. The normalized spacial score (nSPS) is 24.2. The summed E-state index contributed by atoms with van der Waals surface area (Å²) in [6, 6.07) is 1.99. The number of morpholine rings is 1. The molecule has 26 heavy (non-hydrogen) atoms. The molecule has 2 aromatic rings. The minimum atomic E-state index is 0.0517. The van der Waals surface area contributed by atoms with Crippen LogP contribution in [0.25, 0.3) is 11.1 Å². The molecule has 2 aromatic heterocycles. The van der Waals surface area contributed by atoms with E-state index in [0.29, 0.717) is 43.5 Å². The lowest BCUT2D eigenvalue weighted by Crippen LogP contribution is -2.40. The van der Waals surface area contributed by atoms with E-state index in [1.165, 1.54) is 0 Å². The number of carbonyl (C=O) groups is 1. The van der Waals surface area contributed by atoms with Crippen LogP contribution in [0.5, 0.6) is 0 Å². The first-order chi connectivity index (χ1) is 12.8. The van der Waals surface area contributed by atoms with E-state index in [2.05, 4.69) is 10.5 Å². The summed E-state index contributed by atoms with van der Waals surface area (Å²) in [6.45, 7) is 4.37. The number of carbonyl (C=O) groups excluding carboxylic acids is 1. The molecule has 1 saturated carbocycles. The monoisotopic (exact) mass is 356 g/mol. The zero-order valence-corrected chi connectivity index (χ0v) is 14.9. The molecule has 5 rings (SSSR count). The average molecular weight is 356 g/mol. The maximum Gasteiger partial charge on any atom is 0.259 e. The summed E-state index contributed by atoms with van der Waals surface area (Å²) in [5.74, 6) is 0.783. The van der Waals surface area contributed by atoms with E-state index in [-0.39, 0.29) is 11.8 Å². The number of pyridine rings is 1. The quantitative estimate of drug-likeness (QED) is 0.906. The molecule has 1 atom stereocenters. The molecular formula is C19H24N4O3. The topological polar surface area (TPSA) is 80.5 Å². The lowest BCUT2D eigenvalue weighted by molar-refractivity contribution is 0.0304. The van der Waals surface area contributed by atoms with Gasteiger partial charge in [-0.15, -0.1) is 0 Å². The molecule has 7 heteroatoms. The van der Waals surface area contributed by atoms with Gasteiger partial charge in [-0.05, 0) is 38.3 Å². The molecule has 3 aliphatic rings. The minimum absolute atomic E-state index is 0.0517. The molecule has 0 spiro atoms. The third kappa shape index (κ3) is 2.89. The predicted molar refractivity (Wildman–Crippen MR) is 95.3 cm³/mol. The van der Waals surface area contributed by atoms with Crippen molar-refractivity contribution < 1.29 is 14.1 Å². The first-order valence-corrected chi connectivity index (χ1v) is 9.69. The van der Waals surface area contributed by atoms with Crippen molar-refractivity contribution in [2.24, 2.45) is 0 Å². The summed E-state index contributed by atoms with van der Waals surface area (Å²) in [5.41, 5.74) is 3.09. The third-order valence-corrected chi connectivity index (χ3v) is 5.70. The maximum absolute atomic E-state index is 13.3. The van der Waals surface area contributed by atoms with Crippen LogP contribution in [0, 0.1) is 0 Å². The van der Waals surface area contributed by atoms with Gasteiger partial charge in [0.1, 0.15) is 0 Å². The number of nitrogens with one attached hydrogen (secondary N) is 1. The average Bonchev–Trinajstić information content (AvgIpc) is 3.47. The Morgan fingerprint density at radius 3 is 2.77 bits per heavy atom. The van der Waals surface area contributed by atoms with Crippen LogP contribution < -0.4 is 5.32 Å². The summed E-state index contributed by atoms with van der Waals surface area (Å²) in [5, 5.41) is 8.60. The van der Waals surface area contributed by atoms with Gasteiger partial charge in [0.2, 0.25) is 0 Å². The second kappa shape index (κ2) is 6.63. The van der Waals surface area contributed by atoms with Gasteiger partial charge in [0.15, 0.2) is 0 Å². The van der Waals surface area contributed by atoms with Crippen LogP contribution in [0.4, 0.5) is 0 Å². The molecule has 7 nitrogen and oxygen atoms in total. The summed E-state index contributed by atoms with van der Waals surface area (Å²) in [4.78, 5) is 19.9. The van der Waals surface area contributed by atoms with E-state index in [1.54, 1.807) is 0 Å². The van der Waals surface area contributed by atoms with Crippen LogP contribution in [0.15, 0.2) is 10.6 Å². The largest absolute Gasteiger partial charge is 0.378 e. The Balaban J connectivity index is 1.60. The Hall–Kier alpha value is -1.99. The van der Waals surface area contributed by atoms with Crippen molar-refractivity contribution in [3.8, 4) is 0 Å². The van der Waals surface area contributed by atoms with E-state index in [1.807, 2.05) is 11.0 Å². The SMILES string of the molecule is O=C(c1cc(C2CC2)nc2onc(C3CCCNC3)c12)N1CCOCC1. The van der Waals surface area contributed by atoms with Gasteiger partial charge in [-0.3, -0.25) is 4.79 Å². The highest BCUT2D eigenvalue weighted by Gasteiger charge is 2.32. The zero-order chi connectivity index (χ0) is 17.5. The molecule has 2 saturated heterocycles. The van der Waals surface area contributed by atoms with E-state index in [9.17, 15) is 4.79 Å². The first kappa shape index (κ1) is 16.2. The fraction of sp³-hybridized carbons (Fsp3) is 0.632. The van der Waals surface area contributed by atoms with E-state index < -0.39 is 0 Å². The van der Waals surface area contributed by atoms with Crippen LogP contribution in [-0.2, 0) is 4.74 Å². The fourth-order valence-corrected chi connectivity index (χ4v) is 4.05. The van der Waals surface area contributed by atoms with E-state index >= 15 is 0 Å². The van der Waals surface area contributed by atoms with Gasteiger partial charge in [-0.25, -0.2) is 4.98 Å². The van der Waals surface area contributed by atoms with Crippen molar-refractivity contribution in [3.63, 3.8) is 0 Å². The number of piperidine rings is 1. The van der Waals surface area contributed by atoms with Crippen LogP contribution >= 0.6 is 0 Å². The Kier molecular flexibility index (Phi) is 4.13. The number of amides is 1. The predicted octanol–water partition coefficient (Wildman–Crippen LogP) is 2.04. The summed E-state index contributed by atoms with van der Waals surface area (Å²) in [6.07, 6.45) is 4.44. The molecule has 4 heterocycles. The minimum Gasteiger partial charge on any atom is -0.378 e. The second-order valence-electron chi connectivity index (χ2n) is 7.56. The number of fused-ring (bicyclic) bond motifs is 1. The van der Waals surface area contributed by atoms with Crippen molar-refractivity contribution >= 4 is 17.0 Å². The number of aromatic nitrogens is 2. The smallest absolute Gasteiger partial charge is 0.259 e. The Morgan fingerprint density at radius 1 is 1.19 bits per heavy atom. The Labute approximate surface area is 152 Å². The molecule has 1 aliphatic carbocycles.